The molecule has 0 aliphatic rings. The Hall–Kier alpha value is -1.56. The molecule has 18 heavy (non-hydrogen) atoms. The summed E-state index contributed by atoms with van der Waals surface area (Å²) in [5.74, 6) is 0. The number of rotatable bonds is 2. The van der Waals surface area contributed by atoms with Crippen LogP contribution in [-0.4, -0.2) is 9.78 Å². The van der Waals surface area contributed by atoms with Gasteiger partial charge < -0.3 is 0 Å². The number of halogens is 3. The lowest BCUT2D eigenvalue weighted by Gasteiger charge is -2.05. The quantitative estimate of drug-likeness (QED) is 0.822. The highest BCUT2D eigenvalue weighted by atomic mass is 32.1. The van der Waals surface area contributed by atoms with Gasteiger partial charge in [0, 0.05) is 5.56 Å². The van der Waals surface area contributed by atoms with Crippen molar-refractivity contribution in [3.63, 3.8) is 0 Å². The monoisotopic (exact) mass is 272 g/mol. The Kier molecular flexibility index (Phi) is 3.30. The molecule has 0 aliphatic carbocycles. The van der Waals surface area contributed by atoms with Crippen LogP contribution in [0.4, 0.5) is 13.2 Å². The third-order valence-corrected chi connectivity index (χ3v) is 3.18. The number of hydrogen-bond donors (Lipinski definition) is 1. The van der Waals surface area contributed by atoms with Crippen molar-refractivity contribution in [2.75, 3.05) is 0 Å². The van der Waals surface area contributed by atoms with Crippen molar-refractivity contribution in [2.45, 2.75) is 19.6 Å². The van der Waals surface area contributed by atoms with Crippen molar-refractivity contribution in [2.24, 2.45) is 0 Å². The molecule has 1 aromatic carbocycles. The molecule has 1 heterocycles. The van der Waals surface area contributed by atoms with Gasteiger partial charge in [0.25, 0.3) is 0 Å². The van der Waals surface area contributed by atoms with Crippen molar-refractivity contribution in [1.82, 2.24) is 9.78 Å². The number of nitrogens with zero attached hydrogens (tertiary/aromatic N) is 1. The van der Waals surface area contributed by atoms with Crippen molar-refractivity contribution >= 4 is 12.2 Å². The standard InChI is InChI=1S/C12H11F3N2S/c1-8-10(12(13,14)15)16-17(11(8)18)7-9-5-3-2-4-6-9/h2-6,16H,7H2,1H3. The Morgan fingerprint density at radius 3 is 2.33 bits per heavy atom. The van der Waals surface area contributed by atoms with E-state index in [0.29, 0.717) is 6.54 Å². The number of alkyl halides is 3. The number of aromatic nitrogens is 2. The molecule has 2 rings (SSSR count). The SMILES string of the molecule is Cc1c(C(F)(F)F)[nH]n(Cc2ccccc2)c1=S. The third kappa shape index (κ3) is 2.48. The van der Waals surface area contributed by atoms with Gasteiger partial charge in [-0.1, -0.05) is 42.5 Å². The van der Waals surface area contributed by atoms with E-state index in [0.717, 1.165) is 5.56 Å². The Balaban J connectivity index is 2.39. The number of H-pyrrole nitrogens is 1. The maximum Gasteiger partial charge on any atom is 0.433 e. The van der Waals surface area contributed by atoms with Crippen LogP contribution in [-0.2, 0) is 12.7 Å². The minimum Gasteiger partial charge on any atom is -0.292 e. The Bertz CT molecular complexity index is 596. The zero-order valence-electron chi connectivity index (χ0n) is 9.58. The van der Waals surface area contributed by atoms with Gasteiger partial charge >= 0.3 is 6.18 Å². The summed E-state index contributed by atoms with van der Waals surface area (Å²) >= 11 is 5.01. The van der Waals surface area contributed by atoms with Gasteiger partial charge in [0.15, 0.2) is 0 Å². The second-order valence-electron chi connectivity index (χ2n) is 3.99. The molecular formula is C12H11F3N2S. The van der Waals surface area contributed by atoms with Gasteiger partial charge in [-0.3, -0.25) is 9.78 Å². The molecule has 6 heteroatoms. The zero-order valence-corrected chi connectivity index (χ0v) is 10.4. The molecule has 0 radical (unpaired) electrons. The summed E-state index contributed by atoms with van der Waals surface area (Å²) in [6, 6.07) is 9.19. The summed E-state index contributed by atoms with van der Waals surface area (Å²) < 4.78 is 39.6. The highest BCUT2D eigenvalue weighted by molar-refractivity contribution is 7.71. The maximum atomic E-state index is 12.7. The largest absolute Gasteiger partial charge is 0.433 e. The second-order valence-corrected chi connectivity index (χ2v) is 4.37. The fourth-order valence-corrected chi connectivity index (χ4v) is 1.94. The number of aromatic amines is 1. The first kappa shape index (κ1) is 12.9. The first-order chi connectivity index (χ1) is 8.39. The minimum absolute atomic E-state index is 0.0634. The molecule has 96 valence electrons. The van der Waals surface area contributed by atoms with Gasteiger partial charge in [-0.25, -0.2) is 0 Å². The topological polar surface area (TPSA) is 20.7 Å². The summed E-state index contributed by atoms with van der Waals surface area (Å²) in [7, 11) is 0. The number of benzene rings is 1. The number of nitrogens with one attached hydrogen (secondary N) is 1. The van der Waals surface area contributed by atoms with E-state index in [1.165, 1.54) is 11.6 Å². The fraction of sp³-hybridized carbons (Fsp3) is 0.250. The van der Waals surface area contributed by atoms with Crippen molar-refractivity contribution in [1.29, 1.82) is 0 Å². The van der Waals surface area contributed by atoms with E-state index in [1.807, 2.05) is 30.3 Å². The molecular weight excluding hydrogens is 261 g/mol. The van der Waals surface area contributed by atoms with Gasteiger partial charge in [-0.05, 0) is 12.5 Å². The van der Waals surface area contributed by atoms with Crippen LogP contribution >= 0.6 is 12.2 Å². The molecule has 0 saturated carbocycles. The Morgan fingerprint density at radius 2 is 1.83 bits per heavy atom. The predicted octanol–water partition coefficient (Wildman–Crippen LogP) is 3.92. The lowest BCUT2D eigenvalue weighted by molar-refractivity contribution is -0.141. The Morgan fingerprint density at radius 1 is 1.22 bits per heavy atom. The van der Waals surface area contributed by atoms with E-state index in [9.17, 15) is 13.2 Å². The van der Waals surface area contributed by atoms with Gasteiger partial charge in [-0.15, -0.1) is 0 Å². The van der Waals surface area contributed by atoms with Crippen LogP contribution in [0.3, 0.4) is 0 Å². The highest BCUT2D eigenvalue weighted by Gasteiger charge is 2.35. The smallest absolute Gasteiger partial charge is 0.292 e. The molecule has 0 saturated heterocycles. The van der Waals surface area contributed by atoms with Crippen molar-refractivity contribution in [3.8, 4) is 0 Å². The molecule has 0 bridgehead atoms. The van der Waals surface area contributed by atoms with E-state index >= 15 is 0 Å². The fourth-order valence-electron chi connectivity index (χ4n) is 1.73. The molecule has 0 fully saturated rings. The van der Waals surface area contributed by atoms with E-state index in [-0.39, 0.29) is 10.2 Å². The van der Waals surface area contributed by atoms with E-state index < -0.39 is 11.9 Å². The second kappa shape index (κ2) is 4.61. The molecule has 2 aromatic rings. The van der Waals surface area contributed by atoms with E-state index in [2.05, 4.69) is 5.10 Å². The summed E-state index contributed by atoms with van der Waals surface area (Å²) in [6.07, 6.45) is -4.40. The third-order valence-electron chi connectivity index (χ3n) is 2.65. The average molecular weight is 272 g/mol. The van der Waals surface area contributed by atoms with Crippen LogP contribution in [0.1, 0.15) is 16.8 Å². The predicted molar refractivity (Wildman–Crippen MR) is 64.9 cm³/mol. The van der Waals surface area contributed by atoms with Crippen LogP contribution in [0.5, 0.6) is 0 Å². The zero-order chi connectivity index (χ0) is 13.3. The first-order valence-electron chi connectivity index (χ1n) is 5.30. The first-order valence-corrected chi connectivity index (χ1v) is 5.71. The lowest BCUT2D eigenvalue weighted by Crippen LogP contribution is -2.09. The average Bonchev–Trinajstić information content (AvgIpc) is 2.58. The molecule has 0 atom stereocenters. The van der Waals surface area contributed by atoms with Gasteiger partial charge in [0.2, 0.25) is 0 Å². The molecule has 0 amide bonds. The molecule has 1 aromatic heterocycles. The normalized spacial score (nSPS) is 11.8. The summed E-state index contributed by atoms with van der Waals surface area (Å²) in [5, 5.41) is 2.33. The van der Waals surface area contributed by atoms with Gasteiger partial charge in [0.05, 0.1) is 6.54 Å². The molecule has 0 spiro atoms. The van der Waals surface area contributed by atoms with E-state index in [4.69, 9.17) is 12.2 Å². The van der Waals surface area contributed by atoms with Crippen LogP contribution in [0.15, 0.2) is 30.3 Å². The van der Waals surface area contributed by atoms with Crippen LogP contribution in [0.25, 0.3) is 0 Å². The van der Waals surface area contributed by atoms with Crippen molar-refractivity contribution < 1.29 is 13.2 Å². The van der Waals surface area contributed by atoms with E-state index in [1.54, 1.807) is 0 Å². The van der Waals surface area contributed by atoms with Crippen LogP contribution < -0.4 is 0 Å². The molecule has 0 unspecified atom stereocenters. The summed E-state index contributed by atoms with van der Waals surface area (Å²) in [6.45, 7) is 1.68. The summed E-state index contributed by atoms with van der Waals surface area (Å²) in [5.41, 5.74) is 0.181. The Labute approximate surface area is 107 Å². The highest BCUT2D eigenvalue weighted by Crippen LogP contribution is 2.31. The molecule has 1 N–H and O–H groups in total. The lowest BCUT2D eigenvalue weighted by atomic mass is 10.2. The van der Waals surface area contributed by atoms with Crippen LogP contribution in [0, 0.1) is 11.6 Å². The van der Waals surface area contributed by atoms with Crippen LogP contribution in [0.2, 0.25) is 0 Å². The molecule has 2 nitrogen and oxygen atoms in total. The minimum atomic E-state index is -4.40. The van der Waals surface area contributed by atoms with Gasteiger partial charge in [0.1, 0.15) is 10.3 Å². The summed E-state index contributed by atoms with van der Waals surface area (Å²) in [4.78, 5) is 0. The maximum absolute atomic E-state index is 12.7. The van der Waals surface area contributed by atoms with Gasteiger partial charge in [-0.2, -0.15) is 13.2 Å². The van der Waals surface area contributed by atoms with Crippen molar-refractivity contribution in [3.05, 3.63) is 51.8 Å². The number of hydrogen-bond acceptors (Lipinski definition) is 1. The molecule has 0 aliphatic heterocycles.